The lowest BCUT2D eigenvalue weighted by Gasteiger charge is -2.05. The van der Waals surface area contributed by atoms with Crippen molar-refractivity contribution in [3.8, 4) is 11.5 Å². The summed E-state index contributed by atoms with van der Waals surface area (Å²) in [6.07, 6.45) is 0.669. The normalized spacial score (nSPS) is 12.1. The van der Waals surface area contributed by atoms with Gasteiger partial charge in [-0.3, -0.25) is 0 Å². The quantitative estimate of drug-likeness (QED) is 0.511. The number of rotatable bonds is 6. The molecule has 1 unspecified atom stereocenters. The summed E-state index contributed by atoms with van der Waals surface area (Å²) in [7, 11) is 1.41. The third-order valence-electron chi connectivity index (χ3n) is 2.28. The number of hydrogen-bond donors (Lipinski definition) is 3. The summed E-state index contributed by atoms with van der Waals surface area (Å²) in [6, 6.07) is 4.51. The molecule has 0 fully saturated rings. The number of carbonyl (C=O) groups excluding carboxylic acids is 1. The Balaban J connectivity index is 2.57. The monoisotopic (exact) mass is 282 g/mol. The molecule has 0 bridgehead atoms. The van der Waals surface area contributed by atoms with Crippen molar-refractivity contribution in [3.63, 3.8) is 0 Å². The highest BCUT2D eigenvalue weighted by molar-refractivity contribution is 5.87. The molecule has 7 nitrogen and oxygen atoms in total. The maximum absolute atomic E-state index is 11.3. The van der Waals surface area contributed by atoms with Gasteiger partial charge in [-0.1, -0.05) is 6.07 Å². The van der Waals surface area contributed by atoms with Crippen LogP contribution in [-0.4, -0.2) is 47.1 Å². The fraction of sp³-hybridized carbons (Fsp3) is 0.231. The van der Waals surface area contributed by atoms with Crippen LogP contribution in [0.5, 0.6) is 11.5 Å². The van der Waals surface area contributed by atoms with Gasteiger partial charge in [-0.15, -0.1) is 0 Å². The van der Waals surface area contributed by atoms with Crippen molar-refractivity contribution in [2.75, 3.05) is 13.7 Å². The molecule has 1 aromatic rings. The molecule has 0 aliphatic rings. The van der Waals surface area contributed by atoms with E-state index in [1.54, 1.807) is 6.07 Å². The number of esters is 1. The smallest absolute Gasteiger partial charge is 0.336 e. The highest BCUT2D eigenvalue weighted by Gasteiger charge is 2.14. The van der Waals surface area contributed by atoms with Crippen LogP contribution in [0.25, 0.3) is 6.08 Å². The van der Waals surface area contributed by atoms with Gasteiger partial charge >= 0.3 is 11.9 Å². The molecule has 20 heavy (non-hydrogen) atoms. The summed E-state index contributed by atoms with van der Waals surface area (Å²) >= 11 is 0. The first-order valence-electron chi connectivity index (χ1n) is 5.56. The zero-order valence-electron chi connectivity index (χ0n) is 10.6. The van der Waals surface area contributed by atoms with Crippen LogP contribution in [0.15, 0.2) is 24.3 Å². The molecule has 108 valence electrons. The Hall–Kier alpha value is -2.54. The van der Waals surface area contributed by atoms with Crippen LogP contribution in [0.4, 0.5) is 0 Å². The molecular formula is C13H14O7. The average molecular weight is 282 g/mol. The second-order valence-corrected chi connectivity index (χ2v) is 3.75. The SMILES string of the molecule is COc1ccc(/C=C/C(=O)OCC(O)C(=O)O)cc1O. The molecule has 1 aromatic carbocycles. The van der Waals surface area contributed by atoms with Crippen molar-refractivity contribution < 1.29 is 34.4 Å². The Morgan fingerprint density at radius 2 is 2.10 bits per heavy atom. The molecule has 0 aromatic heterocycles. The number of carboxylic acid groups (broad SMARTS) is 1. The molecule has 3 N–H and O–H groups in total. The fourth-order valence-corrected chi connectivity index (χ4v) is 1.26. The number of aromatic hydroxyl groups is 1. The molecule has 1 rings (SSSR count). The van der Waals surface area contributed by atoms with Gasteiger partial charge in [-0.2, -0.15) is 0 Å². The Morgan fingerprint density at radius 1 is 1.40 bits per heavy atom. The van der Waals surface area contributed by atoms with E-state index in [0.717, 1.165) is 6.08 Å². The van der Waals surface area contributed by atoms with Gasteiger partial charge in [-0.25, -0.2) is 9.59 Å². The number of methoxy groups -OCH3 is 1. The fourth-order valence-electron chi connectivity index (χ4n) is 1.26. The second-order valence-electron chi connectivity index (χ2n) is 3.75. The lowest BCUT2D eigenvalue weighted by atomic mass is 10.2. The molecule has 0 amide bonds. The van der Waals surface area contributed by atoms with Crippen molar-refractivity contribution in [2.45, 2.75) is 6.10 Å². The summed E-state index contributed by atoms with van der Waals surface area (Å²) in [6.45, 7) is -0.633. The van der Waals surface area contributed by atoms with Crippen LogP contribution in [0.1, 0.15) is 5.56 Å². The number of carboxylic acids is 1. The lowest BCUT2D eigenvalue weighted by Crippen LogP contribution is -2.26. The third kappa shape index (κ3) is 4.62. The van der Waals surface area contributed by atoms with Crippen LogP contribution in [0.3, 0.4) is 0 Å². The minimum Gasteiger partial charge on any atom is -0.504 e. The van der Waals surface area contributed by atoms with E-state index in [-0.39, 0.29) is 5.75 Å². The number of ether oxygens (including phenoxy) is 2. The van der Waals surface area contributed by atoms with Crippen molar-refractivity contribution >= 4 is 18.0 Å². The predicted molar refractivity (Wildman–Crippen MR) is 68.3 cm³/mol. The molecule has 0 aliphatic heterocycles. The zero-order valence-corrected chi connectivity index (χ0v) is 10.6. The van der Waals surface area contributed by atoms with Gasteiger partial charge in [0, 0.05) is 6.08 Å². The largest absolute Gasteiger partial charge is 0.504 e. The molecule has 0 spiro atoms. The molecular weight excluding hydrogens is 268 g/mol. The van der Waals surface area contributed by atoms with Crippen molar-refractivity contribution in [2.24, 2.45) is 0 Å². The summed E-state index contributed by atoms with van der Waals surface area (Å²) in [4.78, 5) is 21.5. The Kier molecular flexibility index (Phi) is 5.55. The number of hydrogen-bond acceptors (Lipinski definition) is 6. The summed E-state index contributed by atoms with van der Waals surface area (Å²) < 4.78 is 9.38. The Morgan fingerprint density at radius 3 is 2.65 bits per heavy atom. The van der Waals surface area contributed by atoms with Crippen LogP contribution >= 0.6 is 0 Å². The van der Waals surface area contributed by atoms with Crippen LogP contribution in [-0.2, 0) is 14.3 Å². The number of benzene rings is 1. The standard InChI is InChI=1S/C13H14O7/c1-19-11-4-2-8(6-9(11)14)3-5-12(16)20-7-10(15)13(17)18/h2-6,10,14-15H,7H2,1H3,(H,17,18)/b5-3+. The molecule has 0 aliphatic carbocycles. The summed E-state index contributed by atoms with van der Waals surface area (Å²) in [5.41, 5.74) is 0.527. The van der Waals surface area contributed by atoms with Gasteiger partial charge in [0.2, 0.25) is 0 Å². The molecule has 0 saturated carbocycles. The van der Waals surface area contributed by atoms with E-state index in [9.17, 15) is 14.7 Å². The van der Waals surface area contributed by atoms with Gasteiger partial charge in [0.1, 0.15) is 6.61 Å². The maximum atomic E-state index is 11.3. The summed E-state index contributed by atoms with van der Waals surface area (Å²) in [5.74, 6) is -2.05. The van der Waals surface area contributed by atoms with E-state index < -0.39 is 24.6 Å². The molecule has 7 heteroatoms. The van der Waals surface area contributed by atoms with E-state index in [1.807, 2.05) is 0 Å². The number of phenols is 1. The minimum atomic E-state index is -1.75. The number of carbonyl (C=O) groups is 2. The predicted octanol–water partition coefficient (Wildman–Crippen LogP) is 0.403. The lowest BCUT2D eigenvalue weighted by molar-refractivity contribution is -0.153. The van der Waals surface area contributed by atoms with E-state index in [1.165, 1.54) is 25.3 Å². The first kappa shape index (κ1) is 15.5. The van der Waals surface area contributed by atoms with Crippen molar-refractivity contribution in [3.05, 3.63) is 29.8 Å². The zero-order chi connectivity index (χ0) is 15.1. The average Bonchev–Trinajstić information content (AvgIpc) is 2.42. The third-order valence-corrected chi connectivity index (χ3v) is 2.28. The van der Waals surface area contributed by atoms with Crippen LogP contribution in [0.2, 0.25) is 0 Å². The van der Waals surface area contributed by atoms with Crippen LogP contribution < -0.4 is 4.74 Å². The maximum Gasteiger partial charge on any atom is 0.336 e. The van der Waals surface area contributed by atoms with Gasteiger partial charge in [-0.05, 0) is 23.8 Å². The van der Waals surface area contributed by atoms with Crippen LogP contribution in [0, 0.1) is 0 Å². The van der Waals surface area contributed by atoms with Gasteiger partial charge in [0.15, 0.2) is 17.6 Å². The Labute approximate surface area is 114 Å². The van der Waals surface area contributed by atoms with Crippen molar-refractivity contribution in [1.82, 2.24) is 0 Å². The minimum absolute atomic E-state index is 0.0793. The molecule has 1 atom stereocenters. The number of aliphatic hydroxyl groups is 1. The number of aliphatic hydroxyl groups excluding tert-OH is 1. The van der Waals surface area contributed by atoms with E-state index >= 15 is 0 Å². The topological polar surface area (TPSA) is 113 Å². The first-order valence-corrected chi connectivity index (χ1v) is 5.56. The summed E-state index contributed by atoms with van der Waals surface area (Å²) in [5, 5.41) is 26.8. The molecule has 0 saturated heterocycles. The van der Waals surface area contributed by atoms with Crippen molar-refractivity contribution in [1.29, 1.82) is 0 Å². The van der Waals surface area contributed by atoms with E-state index in [2.05, 4.69) is 4.74 Å². The second kappa shape index (κ2) is 7.15. The highest BCUT2D eigenvalue weighted by atomic mass is 16.5. The van der Waals surface area contributed by atoms with Gasteiger partial charge in [0.05, 0.1) is 7.11 Å². The molecule has 0 radical (unpaired) electrons. The number of aliphatic carboxylic acids is 1. The molecule has 0 heterocycles. The number of phenolic OH excluding ortho intramolecular Hbond substituents is 1. The van der Waals surface area contributed by atoms with Gasteiger partial charge < -0.3 is 24.8 Å². The first-order chi connectivity index (χ1) is 9.43. The Bertz CT molecular complexity index is 521. The van der Waals surface area contributed by atoms with Gasteiger partial charge in [0.25, 0.3) is 0 Å². The highest BCUT2D eigenvalue weighted by Crippen LogP contribution is 2.26. The van der Waals surface area contributed by atoms with E-state index in [0.29, 0.717) is 11.3 Å². The van der Waals surface area contributed by atoms with E-state index in [4.69, 9.17) is 14.9 Å².